The monoisotopic (exact) mass is 247 g/mol. The average molecular weight is 248 g/mol. The molecule has 0 unspecified atom stereocenters. The number of fused-ring (bicyclic) bond motifs is 1. The molecule has 15 heavy (non-hydrogen) atoms. The van der Waals surface area contributed by atoms with E-state index in [1.165, 1.54) is 18.0 Å². The Morgan fingerprint density at radius 1 is 1.67 bits per heavy atom. The third-order valence-electron chi connectivity index (χ3n) is 2.23. The van der Waals surface area contributed by atoms with Crippen LogP contribution < -0.4 is 9.46 Å². The molecule has 1 N–H and O–H groups in total. The predicted octanol–water partition coefficient (Wildman–Crippen LogP) is 3.25. The molecule has 0 saturated heterocycles. The van der Waals surface area contributed by atoms with Gasteiger partial charge in [0.2, 0.25) is 0 Å². The standard InChI is InChI=1S/C10H11ClFNOS/c1-2-6-5-13-15-10-3-7(11)8(12)4-9(10)14-6/h3-4,6,13H,2,5H2,1H3/t6-/m1/s1. The van der Waals surface area contributed by atoms with Gasteiger partial charge in [0.15, 0.2) is 0 Å². The minimum absolute atomic E-state index is 0.0827. The number of hydrogen-bond acceptors (Lipinski definition) is 3. The molecule has 5 heteroatoms. The number of benzene rings is 1. The zero-order valence-corrected chi connectivity index (χ0v) is 9.79. The average Bonchev–Trinajstić information content (AvgIpc) is 2.41. The summed E-state index contributed by atoms with van der Waals surface area (Å²) in [6, 6.07) is 2.93. The second-order valence-electron chi connectivity index (χ2n) is 3.31. The Morgan fingerprint density at radius 2 is 2.47 bits per heavy atom. The zero-order chi connectivity index (χ0) is 10.8. The maximum Gasteiger partial charge on any atom is 0.145 e. The Hall–Kier alpha value is -0.450. The summed E-state index contributed by atoms with van der Waals surface area (Å²) in [5.41, 5.74) is 0. The molecule has 0 aromatic heterocycles. The van der Waals surface area contributed by atoms with Crippen LogP contribution >= 0.6 is 23.5 Å². The molecule has 0 amide bonds. The van der Waals surface area contributed by atoms with E-state index in [1.54, 1.807) is 6.07 Å². The van der Waals surface area contributed by atoms with Gasteiger partial charge in [0.1, 0.15) is 17.7 Å². The van der Waals surface area contributed by atoms with Gasteiger partial charge >= 0.3 is 0 Å². The maximum absolute atomic E-state index is 13.2. The quantitative estimate of drug-likeness (QED) is 0.770. The molecule has 2 rings (SSSR count). The van der Waals surface area contributed by atoms with Crippen LogP contribution in [0.1, 0.15) is 13.3 Å². The molecule has 1 aromatic carbocycles. The van der Waals surface area contributed by atoms with Crippen LogP contribution in [0.25, 0.3) is 0 Å². The normalized spacial score (nSPS) is 20.3. The third kappa shape index (κ3) is 2.38. The van der Waals surface area contributed by atoms with E-state index in [0.717, 1.165) is 17.9 Å². The minimum Gasteiger partial charge on any atom is -0.488 e. The molecule has 82 valence electrons. The maximum atomic E-state index is 13.2. The van der Waals surface area contributed by atoms with E-state index in [2.05, 4.69) is 4.72 Å². The Kier molecular flexibility index (Phi) is 3.38. The second kappa shape index (κ2) is 4.60. The van der Waals surface area contributed by atoms with Crippen molar-refractivity contribution in [1.82, 2.24) is 4.72 Å². The number of nitrogens with one attached hydrogen (secondary N) is 1. The van der Waals surface area contributed by atoms with Crippen molar-refractivity contribution in [3.8, 4) is 5.75 Å². The van der Waals surface area contributed by atoms with Crippen LogP contribution in [0.2, 0.25) is 5.02 Å². The highest BCUT2D eigenvalue weighted by Gasteiger charge is 2.18. The van der Waals surface area contributed by atoms with Crippen molar-refractivity contribution in [2.75, 3.05) is 6.54 Å². The van der Waals surface area contributed by atoms with Crippen molar-refractivity contribution in [2.24, 2.45) is 0 Å². The summed E-state index contributed by atoms with van der Waals surface area (Å²) in [6.45, 7) is 2.78. The van der Waals surface area contributed by atoms with Crippen molar-refractivity contribution in [3.05, 3.63) is 23.0 Å². The molecule has 1 aliphatic heterocycles. The summed E-state index contributed by atoms with van der Waals surface area (Å²) in [7, 11) is 0. The summed E-state index contributed by atoms with van der Waals surface area (Å²) < 4.78 is 22.1. The SMILES string of the molecule is CC[C@@H]1CNSc2cc(Cl)c(F)cc2O1. The lowest BCUT2D eigenvalue weighted by Crippen LogP contribution is -2.25. The van der Waals surface area contributed by atoms with Crippen LogP contribution in [0, 0.1) is 5.82 Å². The van der Waals surface area contributed by atoms with Crippen LogP contribution in [0.4, 0.5) is 4.39 Å². The highest BCUT2D eigenvalue weighted by molar-refractivity contribution is 7.97. The van der Waals surface area contributed by atoms with Gasteiger partial charge < -0.3 is 4.74 Å². The molecule has 0 radical (unpaired) electrons. The Labute approximate surface area is 97.3 Å². The van der Waals surface area contributed by atoms with Crippen LogP contribution in [0.15, 0.2) is 17.0 Å². The molecule has 0 aliphatic carbocycles. The van der Waals surface area contributed by atoms with E-state index in [0.29, 0.717) is 5.75 Å². The van der Waals surface area contributed by atoms with Crippen LogP contribution in [0.5, 0.6) is 5.75 Å². The zero-order valence-electron chi connectivity index (χ0n) is 8.22. The molecule has 1 aliphatic rings. The molecule has 0 saturated carbocycles. The summed E-state index contributed by atoms with van der Waals surface area (Å²) in [5, 5.41) is 0.126. The van der Waals surface area contributed by atoms with E-state index in [4.69, 9.17) is 16.3 Å². The van der Waals surface area contributed by atoms with Crippen LogP contribution in [-0.2, 0) is 0 Å². The number of ether oxygens (including phenoxy) is 1. The Balaban J connectivity index is 2.34. The molecule has 1 aromatic rings. The predicted molar refractivity (Wildman–Crippen MR) is 60.0 cm³/mol. The molecule has 0 fully saturated rings. The first-order valence-electron chi connectivity index (χ1n) is 4.76. The third-order valence-corrected chi connectivity index (χ3v) is 3.37. The van der Waals surface area contributed by atoms with Gasteiger partial charge in [-0.15, -0.1) is 0 Å². The number of halogens is 2. The Bertz CT molecular complexity index is 375. The molecule has 1 heterocycles. The summed E-state index contributed by atoms with van der Waals surface area (Å²) in [5.74, 6) is 0.131. The topological polar surface area (TPSA) is 21.3 Å². The fourth-order valence-corrected chi connectivity index (χ4v) is 2.38. The molecule has 0 spiro atoms. The largest absolute Gasteiger partial charge is 0.488 e. The first-order chi connectivity index (χ1) is 7.20. The van der Waals surface area contributed by atoms with Gasteiger partial charge in [0.25, 0.3) is 0 Å². The van der Waals surface area contributed by atoms with Gasteiger partial charge in [-0.1, -0.05) is 18.5 Å². The lowest BCUT2D eigenvalue weighted by atomic mass is 10.2. The van der Waals surface area contributed by atoms with E-state index in [-0.39, 0.29) is 11.1 Å². The van der Waals surface area contributed by atoms with Crippen molar-refractivity contribution in [3.63, 3.8) is 0 Å². The van der Waals surface area contributed by atoms with Crippen LogP contribution in [0.3, 0.4) is 0 Å². The van der Waals surface area contributed by atoms with Gasteiger partial charge in [-0.3, -0.25) is 4.72 Å². The van der Waals surface area contributed by atoms with Gasteiger partial charge in [-0.05, 0) is 24.4 Å². The molecule has 0 bridgehead atoms. The first-order valence-corrected chi connectivity index (χ1v) is 5.95. The Morgan fingerprint density at radius 3 is 3.20 bits per heavy atom. The minimum atomic E-state index is -0.437. The smallest absolute Gasteiger partial charge is 0.145 e. The van der Waals surface area contributed by atoms with Crippen molar-refractivity contribution >= 4 is 23.5 Å². The second-order valence-corrected chi connectivity index (χ2v) is 4.65. The highest BCUT2D eigenvalue weighted by Crippen LogP contribution is 2.34. The lowest BCUT2D eigenvalue weighted by Gasteiger charge is -2.14. The number of rotatable bonds is 1. The molecule has 2 nitrogen and oxygen atoms in total. The fraction of sp³-hybridized carbons (Fsp3) is 0.400. The highest BCUT2D eigenvalue weighted by atomic mass is 35.5. The van der Waals surface area contributed by atoms with E-state index in [9.17, 15) is 4.39 Å². The van der Waals surface area contributed by atoms with E-state index in [1.807, 2.05) is 6.92 Å². The van der Waals surface area contributed by atoms with Crippen molar-refractivity contribution < 1.29 is 9.13 Å². The van der Waals surface area contributed by atoms with Crippen LogP contribution in [-0.4, -0.2) is 12.6 Å². The molecular weight excluding hydrogens is 237 g/mol. The summed E-state index contributed by atoms with van der Waals surface area (Å²) in [6.07, 6.45) is 0.969. The van der Waals surface area contributed by atoms with Gasteiger partial charge in [-0.2, -0.15) is 0 Å². The summed E-state index contributed by atoms with van der Waals surface area (Å²) in [4.78, 5) is 0.831. The first kappa shape index (κ1) is 11.0. The van der Waals surface area contributed by atoms with Gasteiger partial charge in [0.05, 0.1) is 9.92 Å². The van der Waals surface area contributed by atoms with E-state index >= 15 is 0 Å². The van der Waals surface area contributed by atoms with Crippen molar-refractivity contribution in [2.45, 2.75) is 24.3 Å². The van der Waals surface area contributed by atoms with Crippen molar-refractivity contribution in [1.29, 1.82) is 0 Å². The fourth-order valence-electron chi connectivity index (χ4n) is 1.34. The lowest BCUT2D eigenvalue weighted by molar-refractivity contribution is 0.199. The molecular formula is C10H11ClFNOS. The molecule has 1 atom stereocenters. The summed E-state index contributed by atoms with van der Waals surface area (Å²) >= 11 is 7.12. The van der Waals surface area contributed by atoms with E-state index < -0.39 is 5.82 Å². The number of hydrogen-bond donors (Lipinski definition) is 1. The van der Waals surface area contributed by atoms with Gasteiger partial charge in [0, 0.05) is 12.6 Å². The van der Waals surface area contributed by atoms with Gasteiger partial charge in [-0.25, -0.2) is 4.39 Å².